The van der Waals surface area contributed by atoms with Crippen molar-refractivity contribution < 1.29 is 0 Å². The van der Waals surface area contributed by atoms with Crippen LogP contribution in [0.1, 0.15) is 29.5 Å². The highest BCUT2D eigenvalue weighted by Gasteiger charge is 2.42. The summed E-state index contributed by atoms with van der Waals surface area (Å²) in [4.78, 5) is 0. The lowest BCUT2D eigenvalue weighted by molar-refractivity contribution is 0.703. The Bertz CT molecular complexity index is 304. The topological polar surface area (TPSA) is 26.0 Å². The van der Waals surface area contributed by atoms with Crippen LogP contribution in [0.15, 0.2) is 18.2 Å². The molecule has 1 aliphatic rings. The van der Waals surface area contributed by atoms with E-state index in [9.17, 15) is 0 Å². The number of hydrogen-bond donors (Lipinski definition) is 1. The molecular weight excluding hydrogens is 158 g/mol. The molecule has 1 heteroatoms. The average Bonchev–Trinajstić information content (AvgIpc) is 2.82. The lowest BCUT2D eigenvalue weighted by Crippen LogP contribution is -2.19. The molecule has 1 aromatic rings. The van der Waals surface area contributed by atoms with E-state index < -0.39 is 0 Å². The summed E-state index contributed by atoms with van der Waals surface area (Å²) in [5.74, 6) is 0. The molecule has 0 aliphatic heterocycles. The fraction of sp³-hybridized carbons (Fsp3) is 0.500. The van der Waals surface area contributed by atoms with E-state index in [1.165, 1.54) is 29.5 Å². The maximum absolute atomic E-state index is 5.80. The molecule has 0 amide bonds. The second-order valence-corrected chi connectivity index (χ2v) is 4.36. The summed E-state index contributed by atoms with van der Waals surface area (Å²) < 4.78 is 0. The molecule has 0 spiro atoms. The van der Waals surface area contributed by atoms with Gasteiger partial charge in [0.05, 0.1) is 0 Å². The molecule has 0 aromatic heterocycles. The molecule has 0 atom stereocenters. The standard InChI is InChI=1S/C12H17N/c1-9-5-10(2)7-11(6-9)12(8-13)3-4-12/h5-7H,3-4,8,13H2,1-2H3. The van der Waals surface area contributed by atoms with Crippen LogP contribution >= 0.6 is 0 Å². The molecule has 13 heavy (non-hydrogen) atoms. The number of benzene rings is 1. The van der Waals surface area contributed by atoms with Gasteiger partial charge in [-0.15, -0.1) is 0 Å². The van der Waals surface area contributed by atoms with Crippen LogP contribution in [0.25, 0.3) is 0 Å². The molecule has 1 aromatic carbocycles. The fourth-order valence-corrected chi connectivity index (χ4v) is 2.04. The van der Waals surface area contributed by atoms with Crippen molar-refractivity contribution >= 4 is 0 Å². The van der Waals surface area contributed by atoms with Gasteiger partial charge in [0.1, 0.15) is 0 Å². The first-order valence-corrected chi connectivity index (χ1v) is 4.95. The first-order valence-electron chi connectivity index (χ1n) is 4.95. The molecule has 0 radical (unpaired) electrons. The van der Waals surface area contributed by atoms with Crippen molar-refractivity contribution in [2.75, 3.05) is 6.54 Å². The van der Waals surface area contributed by atoms with E-state index in [2.05, 4.69) is 32.0 Å². The van der Waals surface area contributed by atoms with Crippen LogP contribution < -0.4 is 5.73 Å². The molecule has 1 saturated carbocycles. The smallest absolute Gasteiger partial charge is 0.00764 e. The summed E-state index contributed by atoms with van der Waals surface area (Å²) in [6.07, 6.45) is 2.54. The van der Waals surface area contributed by atoms with Crippen LogP contribution in [-0.2, 0) is 5.41 Å². The van der Waals surface area contributed by atoms with Gasteiger partial charge in [-0.25, -0.2) is 0 Å². The van der Waals surface area contributed by atoms with Crippen molar-refractivity contribution in [2.24, 2.45) is 5.73 Å². The van der Waals surface area contributed by atoms with Crippen molar-refractivity contribution in [1.82, 2.24) is 0 Å². The van der Waals surface area contributed by atoms with Crippen molar-refractivity contribution in [3.8, 4) is 0 Å². The zero-order valence-corrected chi connectivity index (χ0v) is 8.43. The summed E-state index contributed by atoms with van der Waals surface area (Å²) in [5, 5.41) is 0. The van der Waals surface area contributed by atoms with Crippen molar-refractivity contribution in [1.29, 1.82) is 0 Å². The third-order valence-corrected chi connectivity index (χ3v) is 3.08. The minimum Gasteiger partial charge on any atom is -0.330 e. The van der Waals surface area contributed by atoms with Crippen LogP contribution in [0.2, 0.25) is 0 Å². The van der Waals surface area contributed by atoms with E-state index in [1.54, 1.807) is 0 Å². The van der Waals surface area contributed by atoms with Crippen molar-refractivity contribution in [2.45, 2.75) is 32.1 Å². The minimum atomic E-state index is 0.344. The van der Waals surface area contributed by atoms with Crippen LogP contribution in [0.5, 0.6) is 0 Å². The van der Waals surface area contributed by atoms with Gasteiger partial charge < -0.3 is 5.73 Å². The molecule has 1 nitrogen and oxygen atoms in total. The lowest BCUT2D eigenvalue weighted by Gasteiger charge is -2.14. The van der Waals surface area contributed by atoms with E-state index in [0.29, 0.717) is 5.41 Å². The summed E-state index contributed by atoms with van der Waals surface area (Å²) in [6, 6.07) is 6.79. The van der Waals surface area contributed by atoms with E-state index in [0.717, 1.165) is 6.54 Å². The largest absolute Gasteiger partial charge is 0.330 e. The zero-order chi connectivity index (χ0) is 9.47. The number of rotatable bonds is 2. The van der Waals surface area contributed by atoms with E-state index in [-0.39, 0.29) is 0 Å². The fourth-order valence-electron chi connectivity index (χ4n) is 2.04. The van der Waals surface area contributed by atoms with Crippen LogP contribution in [0.4, 0.5) is 0 Å². The van der Waals surface area contributed by atoms with Gasteiger partial charge in [-0.3, -0.25) is 0 Å². The molecule has 0 heterocycles. The van der Waals surface area contributed by atoms with Crippen LogP contribution in [0.3, 0.4) is 0 Å². The SMILES string of the molecule is Cc1cc(C)cc(C2(CN)CC2)c1. The second-order valence-electron chi connectivity index (χ2n) is 4.36. The second kappa shape index (κ2) is 2.85. The Morgan fingerprint density at radius 3 is 2.08 bits per heavy atom. The minimum absolute atomic E-state index is 0.344. The highest BCUT2D eigenvalue weighted by atomic mass is 14.7. The Morgan fingerprint density at radius 1 is 1.15 bits per heavy atom. The molecule has 0 unspecified atom stereocenters. The van der Waals surface area contributed by atoms with Gasteiger partial charge in [-0.2, -0.15) is 0 Å². The number of nitrogens with two attached hydrogens (primary N) is 1. The molecule has 1 aliphatic carbocycles. The average molecular weight is 175 g/mol. The highest BCUT2D eigenvalue weighted by Crippen LogP contribution is 2.47. The Morgan fingerprint density at radius 2 is 1.69 bits per heavy atom. The van der Waals surface area contributed by atoms with Gasteiger partial charge in [0, 0.05) is 12.0 Å². The molecule has 1 fully saturated rings. The summed E-state index contributed by atoms with van der Waals surface area (Å²) >= 11 is 0. The number of hydrogen-bond acceptors (Lipinski definition) is 1. The molecule has 2 rings (SSSR count). The quantitative estimate of drug-likeness (QED) is 0.733. The summed E-state index contributed by atoms with van der Waals surface area (Å²) in [6.45, 7) is 5.11. The maximum atomic E-state index is 5.80. The van der Waals surface area contributed by atoms with Gasteiger partial charge >= 0.3 is 0 Å². The Labute approximate surface area is 80.0 Å². The highest BCUT2D eigenvalue weighted by molar-refractivity contribution is 5.37. The molecule has 70 valence electrons. The lowest BCUT2D eigenvalue weighted by atomic mass is 9.93. The number of aryl methyl sites for hydroxylation is 2. The molecule has 2 N–H and O–H groups in total. The van der Waals surface area contributed by atoms with Crippen molar-refractivity contribution in [3.63, 3.8) is 0 Å². The molecular formula is C12H17N. The van der Waals surface area contributed by atoms with Gasteiger partial charge in [0.2, 0.25) is 0 Å². The van der Waals surface area contributed by atoms with Gasteiger partial charge in [0.25, 0.3) is 0 Å². The third kappa shape index (κ3) is 1.49. The van der Waals surface area contributed by atoms with Gasteiger partial charge in [-0.1, -0.05) is 29.3 Å². The van der Waals surface area contributed by atoms with E-state index in [1.807, 2.05) is 0 Å². The predicted octanol–water partition coefficient (Wildman–Crippen LogP) is 2.29. The Balaban J connectivity index is 2.40. The van der Waals surface area contributed by atoms with Gasteiger partial charge in [-0.05, 0) is 32.3 Å². The summed E-state index contributed by atoms with van der Waals surface area (Å²) in [7, 11) is 0. The Kier molecular flexibility index (Phi) is 1.92. The van der Waals surface area contributed by atoms with Crippen molar-refractivity contribution in [3.05, 3.63) is 34.9 Å². The third-order valence-electron chi connectivity index (χ3n) is 3.08. The first-order chi connectivity index (χ1) is 6.16. The van der Waals surface area contributed by atoms with E-state index in [4.69, 9.17) is 5.73 Å². The monoisotopic (exact) mass is 175 g/mol. The van der Waals surface area contributed by atoms with Crippen LogP contribution in [-0.4, -0.2) is 6.54 Å². The maximum Gasteiger partial charge on any atom is 0.00764 e. The van der Waals surface area contributed by atoms with Crippen LogP contribution in [0, 0.1) is 13.8 Å². The first kappa shape index (κ1) is 8.76. The predicted molar refractivity (Wildman–Crippen MR) is 55.9 cm³/mol. The molecule has 0 saturated heterocycles. The Hall–Kier alpha value is -0.820. The normalized spacial score (nSPS) is 18.7. The zero-order valence-electron chi connectivity index (χ0n) is 8.43. The summed E-state index contributed by atoms with van der Waals surface area (Å²) in [5.41, 5.74) is 10.3. The molecule has 0 bridgehead atoms. The van der Waals surface area contributed by atoms with Gasteiger partial charge in [0.15, 0.2) is 0 Å². The van der Waals surface area contributed by atoms with E-state index >= 15 is 0 Å².